The third-order valence-electron chi connectivity index (χ3n) is 8.98. The summed E-state index contributed by atoms with van der Waals surface area (Å²) in [6.45, 7) is 5.84. The van der Waals surface area contributed by atoms with E-state index in [1.165, 1.54) is 0 Å². The summed E-state index contributed by atoms with van der Waals surface area (Å²) in [5.74, 6) is -1.21. The topological polar surface area (TPSA) is 108 Å². The number of aliphatic hydroxyl groups excluding tert-OH is 1. The van der Waals surface area contributed by atoms with E-state index < -0.39 is 28.7 Å². The van der Waals surface area contributed by atoms with E-state index in [2.05, 4.69) is 17.6 Å². The molecule has 8 atom stereocenters. The van der Waals surface area contributed by atoms with Crippen LogP contribution in [0.2, 0.25) is 0 Å². The van der Waals surface area contributed by atoms with E-state index in [0.717, 1.165) is 12.8 Å². The average molecular weight is 552 g/mol. The molecule has 3 unspecified atom stereocenters. The number of ether oxygens (including phenoxy) is 1. The second-order valence-corrected chi connectivity index (χ2v) is 12.6. The predicted molar refractivity (Wildman–Crippen MR) is 153 cm³/mol. The number of nitrogens with one attached hydrogen (secondary N) is 2. The monoisotopic (exact) mass is 551 g/mol. The van der Waals surface area contributed by atoms with E-state index in [0.29, 0.717) is 17.1 Å². The zero-order valence-electron chi connectivity index (χ0n) is 22.8. The number of anilines is 2. The highest BCUT2D eigenvalue weighted by Gasteiger charge is 2.76. The number of carbonyl (C=O) groups excluding carboxylic acids is 3. The van der Waals surface area contributed by atoms with Crippen molar-refractivity contribution < 1.29 is 24.2 Å². The Kier molecular flexibility index (Phi) is 7.66. The molecule has 2 aromatic rings. The second kappa shape index (κ2) is 10.8. The van der Waals surface area contributed by atoms with Gasteiger partial charge in [-0.25, -0.2) is 0 Å². The van der Waals surface area contributed by atoms with E-state index in [1.807, 2.05) is 44.2 Å². The van der Waals surface area contributed by atoms with Gasteiger partial charge < -0.3 is 25.4 Å². The molecule has 5 rings (SSSR count). The predicted octanol–water partition coefficient (Wildman–Crippen LogP) is 4.02. The van der Waals surface area contributed by atoms with E-state index >= 15 is 0 Å². The highest BCUT2D eigenvalue weighted by molar-refractivity contribution is 8.02. The van der Waals surface area contributed by atoms with E-state index in [-0.39, 0.29) is 41.4 Å². The number of carbonyl (C=O) groups is 3. The van der Waals surface area contributed by atoms with E-state index in [9.17, 15) is 19.5 Å². The van der Waals surface area contributed by atoms with Gasteiger partial charge in [0.15, 0.2) is 0 Å². The van der Waals surface area contributed by atoms with Gasteiger partial charge in [-0.1, -0.05) is 45.4 Å². The maximum Gasteiger partial charge on any atom is 0.248 e. The Balaban J connectivity index is 1.54. The molecule has 0 aromatic heterocycles. The lowest BCUT2D eigenvalue weighted by molar-refractivity contribution is -0.142. The number of hydrogen-bond donors (Lipinski definition) is 3. The summed E-state index contributed by atoms with van der Waals surface area (Å²) >= 11 is 1.63. The lowest BCUT2D eigenvalue weighted by atomic mass is 9.66. The molecule has 0 aliphatic carbocycles. The number of amides is 3. The van der Waals surface area contributed by atoms with Crippen molar-refractivity contribution in [3.63, 3.8) is 0 Å². The molecule has 208 valence electrons. The molecule has 2 bridgehead atoms. The fourth-order valence-corrected chi connectivity index (χ4v) is 9.27. The molecule has 39 heavy (non-hydrogen) atoms. The van der Waals surface area contributed by atoms with Crippen LogP contribution in [-0.4, -0.2) is 63.5 Å². The van der Waals surface area contributed by atoms with Crippen LogP contribution in [-0.2, 0) is 14.4 Å². The molecule has 3 aliphatic heterocycles. The number of methoxy groups -OCH3 is 1. The van der Waals surface area contributed by atoms with Gasteiger partial charge in [-0.15, -0.1) is 11.8 Å². The van der Waals surface area contributed by atoms with Crippen molar-refractivity contribution in [1.82, 2.24) is 4.90 Å². The quantitative estimate of drug-likeness (QED) is 0.435. The summed E-state index contributed by atoms with van der Waals surface area (Å²) in [6.07, 6.45) is 1.48. The summed E-state index contributed by atoms with van der Waals surface area (Å²) in [6, 6.07) is 15.0. The first-order valence-electron chi connectivity index (χ1n) is 13.7. The minimum Gasteiger partial charge on any atom is -0.497 e. The molecule has 3 saturated heterocycles. The number of nitrogens with zero attached hydrogens (tertiary/aromatic N) is 1. The Morgan fingerprint density at radius 3 is 2.36 bits per heavy atom. The first-order valence-corrected chi connectivity index (χ1v) is 14.6. The van der Waals surface area contributed by atoms with Crippen LogP contribution in [0.25, 0.3) is 0 Å². The maximum absolute atomic E-state index is 14.4. The lowest BCUT2D eigenvalue weighted by Crippen LogP contribution is -2.58. The number of hydrogen-bond acceptors (Lipinski definition) is 6. The number of fused-ring (bicyclic) bond motifs is 1. The first-order chi connectivity index (χ1) is 18.8. The van der Waals surface area contributed by atoms with Gasteiger partial charge in [-0.05, 0) is 54.7 Å². The summed E-state index contributed by atoms with van der Waals surface area (Å²) in [5.41, 5.74) is 1.28. The average Bonchev–Trinajstić information content (AvgIpc) is 3.53. The van der Waals surface area contributed by atoms with Gasteiger partial charge in [0.2, 0.25) is 17.7 Å². The molecule has 0 saturated carbocycles. The van der Waals surface area contributed by atoms with Gasteiger partial charge in [0, 0.05) is 16.6 Å². The molecule has 9 heteroatoms. The van der Waals surface area contributed by atoms with Crippen molar-refractivity contribution in [1.29, 1.82) is 0 Å². The third kappa shape index (κ3) is 4.49. The van der Waals surface area contributed by atoms with Crippen LogP contribution < -0.4 is 15.4 Å². The number of likely N-dealkylation sites (tertiary alicyclic amines) is 1. The Hall–Kier alpha value is -3.04. The Morgan fingerprint density at radius 1 is 1.10 bits per heavy atom. The number of para-hydroxylation sites is 1. The molecule has 1 spiro atoms. The summed E-state index contributed by atoms with van der Waals surface area (Å²) in [7, 11) is 1.58. The maximum atomic E-state index is 14.4. The highest BCUT2D eigenvalue weighted by atomic mass is 32.2. The van der Waals surface area contributed by atoms with Crippen molar-refractivity contribution in [3.8, 4) is 5.75 Å². The smallest absolute Gasteiger partial charge is 0.248 e. The molecule has 0 radical (unpaired) electrons. The summed E-state index contributed by atoms with van der Waals surface area (Å²) in [4.78, 5) is 43.9. The molecular weight excluding hydrogens is 514 g/mol. The van der Waals surface area contributed by atoms with Gasteiger partial charge in [-0.2, -0.15) is 0 Å². The normalized spacial score (nSPS) is 30.5. The van der Waals surface area contributed by atoms with Crippen LogP contribution in [0.3, 0.4) is 0 Å². The van der Waals surface area contributed by atoms with Gasteiger partial charge in [0.1, 0.15) is 11.8 Å². The Labute approximate surface area is 233 Å². The standard InChI is InChI=1S/C30H37N3O5S/c1-5-17(2)22(16-34)33-26(28(36)32-20-11-13-21(38-4)14-12-20)30-18(3)15-23(39-30)24(25(30)29(33)37)27(35)31-19-9-7-6-8-10-19/h6-14,17-18,22-26,34H,5,15-16H2,1-4H3,(H,31,35)(H,32,36)/t17-,18?,22-,23+,24-,25-,26?,30?/m0/s1. The molecule has 8 nitrogen and oxygen atoms in total. The van der Waals surface area contributed by atoms with Gasteiger partial charge in [-0.3, -0.25) is 14.4 Å². The molecule has 3 amide bonds. The highest BCUT2D eigenvalue weighted by Crippen LogP contribution is 2.69. The fourth-order valence-electron chi connectivity index (χ4n) is 6.86. The largest absolute Gasteiger partial charge is 0.497 e. The fraction of sp³-hybridized carbons (Fsp3) is 0.500. The number of aliphatic hydroxyl groups is 1. The molecular formula is C30H37N3O5S. The van der Waals surface area contributed by atoms with E-state index in [1.54, 1.807) is 48.0 Å². The Morgan fingerprint density at radius 2 is 1.74 bits per heavy atom. The van der Waals surface area contributed by atoms with Crippen molar-refractivity contribution >= 4 is 40.9 Å². The molecule has 3 N–H and O–H groups in total. The minimum atomic E-state index is -0.817. The van der Waals surface area contributed by atoms with Gasteiger partial charge >= 0.3 is 0 Å². The molecule has 2 aromatic carbocycles. The molecule has 3 fully saturated rings. The van der Waals surface area contributed by atoms with Crippen LogP contribution in [0, 0.1) is 23.7 Å². The van der Waals surface area contributed by atoms with Crippen LogP contribution in [0.5, 0.6) is 5.75 Å². The number of benzene rings is 2. The molecule has 3 aliphatic rings. The van der Waals surface area contributed by atoms with Crippen molar-refractivity contribution in [2.24, 2.45) is 23.7 Å². The summed E-state index contributed by atoms with van der Waals surface area (Å²) < 4.78 is 4.48. The zero-order chi connectivity index (χ0) is 27.9. The third-order valence-corrected chi connectivity index (χ3v) is 11.1. The number of rotatable bonds is 9. The van der Waals surface area contributed by atoms with Crippen LogP contribution in [0.1, 0.15) is 33.6 Å². The number of thioether (sulfide) groups is 1. The SMILES string of the molecule is CC[C@H](C)[C@H](CO)N1C(=O)[C@@H]2[C@@H](C(=O)Nc3ccccc3)[C@H]3CC(C)C2(S3)C1C(=O)Nc1ccc(OC)cc1. The van der Waals surface area contributed by atoms with Crippen molar-refractivity contribution in [2.75, 3.05) is 24.4 Å². The minimum absolute atomic E-state index is 0.0282. The lowest BCUT2D eigenvalue weighted by Gasteiger charge is -2.41. The molecule has 3 heterocycles. The Bertz CT molecular complexity index is 1220. The van der Waals surface area contributed by atoms with Crippen LogP contribution in [0.15, 0.2) is 54.6 Å². The van der Waals surface area contributed by atoms with Crippen LogP contribution in [0.4, 0.5) is 11.4 Å². The van der Waals surface area contributed by atoms with Crippen LogP contribution >= 0.6 is 11.8 Å². The van der Waals surface area contributed by atoms with Crippen molar-refractivity contribution in [2.45, 2.75) is 55.7 Å². The second-order valence-electron chi connectivity index (χ2n) is 11.0. The van der Waals surface area contributed by atoms with Crippen molar-refractivity contribution in [3.05, 3.63) is 54.6 Å². The first kappa shape index (κ1) is 27.5. The summed E-state index contributed by atoms with van der Waals surface area (Å²) in [5, 5.41) is 16.5. The zero-order valence-corrected chi connectivity index (χ0v) is 23.6. The van der Waals surface area contributed by atoms with E-state index in [4.69, 9.17) is 4.74 Å². The van der Waals surface area contributed by atoms with Gasteiger partial charge in [0.25, 0.3) is 0 Å². The van der Waals surface area contributed by atoms with Gasteiger partial charge in [0.05, 0.1) is 36.3 Å².